The second-order valence-corrected chi connectivity index (χ2v) is 5.89. The van der Waals surface area contributed by atoms with Crippen LogP contribution in [0.25, 0.3) is 0 Å². The Morgan fingerprint density at radius 3 is 2.47 bits per heavy atom. The van der Waals surface area contributed by atoms with Crippen LogP contribution in [0.15, 0.2) is 42.5 Å². The number of carbonyl (C=O) groups excluding carboxylic acids is 1. The average Bonchev–Trinajstić information content (AvgIpc) is 2.85. The van der Waals surface area contributed by atoms with Crippen LogP contribution in [0.5, 0.6) is 0 Å². The van der Waals surface area contributed by atoms with Crippen molar-refractivity contribution in [2.75, 3.05) is 0 Å². The molecule has 1 amide bonds. The van der Waals surface area contributed by atoms with Crippen LogP contribution in [-0.4, -0.2) is 5.91 Å². The topological polar surface area (TPSA) is 55.1 Å². The smallest absolute Gasteiger partial charge is 0.242 e. The van der Waals surface area contributed by atoms with Crippen molar-refractivity contribution in [2.24, 2.45) is 5.73 Å². The highest BCUT2D eigenvalue weighted by Gasteiger charge is 2.18. The van der Waals surface area contributed by atoms with E-state index in [0.29, 0.717) is 0 Å². The van der Waals surface area contributed by atoms with Gasteiger partial charge in [-0.15, -0.1) is 11.3 Å². The molecule has 19 heavy (non-hydrogen) atoms. The van der Waals surface area contributed by atoms with Crippen molar-refractivity contribution in [3.8, 4) is 0 Å². The van der Waals surface area contributed by atoms with Crippen molar-refractivity contribution in [1.82, 2.24) is 5.32 Å². The standard InChI is InChI=1S/C15H18N2OS/c1-10-8-9-13(19-10)11(2)17-15(18)14(16)12-6-4-3-5-7-12/h3-9,11,14H,16H2,1-2H3,(H,17,18)/t11?,14-/m1/s1. The molecule has 4 heteroatoms. The summed E-state index contributed by atoms with van der Waals surface area (Å²) in [5, 5.41) is 2.95. The molecule has 3 nitrogen and oxygen atoms in total. The lowest BCUT2D eigenvalue weighted by molar-refractivity contribution is -0.123. The molecule has 2 rings (SSSR count). The molecule has 2 aromatic rings. The van der Waals surface area contributed by atoms with Gasteiger partial charge in [0.25, 0.3) is 0 Å². The van der Waals surface area contributed by atoms with Gasteiger partial charge in [0, 0.05) is 9.75 Å². The monoisotopic (exact) mass is 274 g/mol. The third kappa shape index (κ3) is 3.43. The first-order valence-electron chi connectivity index (χ1n) is 6.25. The zero-order valence-electron chi connectivity index (χ0n) is 11.1. The molecule has 0 fully saturated rings. The number of benzene rings is 1. The summed E-state index contributed by atoms with van der Waals surface area (Å²) in [7, 11) is 0. The molecular formula is C15H18N2OS. The first-order valence-corrected chi connectivity index (χ1v) is 7.07. The maximum absolute atomic E-state index is 12.1. The lowest BCUT2D eigenvalue weighted by Gasteiger charge is -2.16. The molecule has 0 radical (unpaired) electrons. The van der Waals surface area contributed by atoms with Crippen molar-refractivity contribution < 1.29 is 4.79 Å². The van der Waals surface area contributed by atoms with Gasteiger partial charge >= 0.3 is 0 Å². The molecule has 0 saturated heterocycles. The van der Waals surface area contributed by atoms with Gasteiger partial charge in [0.1, 0.15) is 6.04 Å². The van der Waals surface area contributed by atoms with Gasteiger partial charge in [0.15, 0.2) is 0 Å². The number of carbonyl (C=O) groups is 1. The zero-order chi connectivity index (χ0) is 13.8. The Bertz CT molecular complexity index is 550. The Balaban J connectivity index is 2.01. The second-order valence-electron chi connectivity index (χ2n) is 4.57. The van der Waals surface area contributed by atoms with Crippen molar-refractivity contribution in [2.45, 2.75) is 25.9 Å². The van der Waals surface area contributed by atoms with Gasteiger partial charge in [-0.2, -0.15) is 0 Å². The zero-order valence-corrected chi connectivity index (χ0v) is 11.9. The van der Waals surface area contributed by atoms with E-state index in [9.17, 15) is 4.79 Å². The fraction of sp³-hybridized carbons (Fsp3) is 0.267. The van der Waals surface area contributed by atoms with Crippen LogP contribution >= 0.6 is 11.3 Å². The molecule has 0 aliphatic heterocycles. The molecule has 3 N–H and O–H groups in total. The van der Waals surface area contributed by atoms with E-state index in [1.807, 2.05) is 43.3 Å². The van der Waals surface area contributed by atoms with E-state index in [4.69, 9.17) is 5.73 Å². The van der Waals surface area contributed by atoms with Crippen LogP contribution in [0.2, 0.25) is 0 Å². The Morgan fingerprint density at radius 1 is 1.21 bits per heavy atom. The van der Waals surface area contributed by atoms with Crippen LogP contribution in [0.1, 0.15) is 34.3 Å². The van der Waals surface area contributed by atoms with E-state index in [2.05, 4.69) is 18.3 Å². The molecule has 1 aromatic carbocycles. The highest BCUT2D eigenvalue weighted by Crippen LogP contribution is 2.23. The van der Waals surface area contributed by atoms with Gasteiger partial charge in [-0.3, -0.25) is 4.79 Å². The van der Waals surface area contributed by atoms with E-state index in [1.165, 1.54) is 4.88 Å². The lowest BCUT2D eigenvalue weighted by atomic mass is 10.1. The van der Waals surface area contributed by atoms with Gasteiger partial charge in [-0.1, -0.05) is 30.3 Å². The van der Waals surface area contributed by atoms with E-state index in [1.54, 1.807) is 11.3 Å². The summed E-state index contributed by atoms with van der Waals surface area (Å²) in [4.78, 5) is 14.5. The normalized spacial score (nSPS) is 13.8. The van der Waals surface area contributed by atoms with Crippen LogP contribution in [0, 0.1) is 6.92 Å². The number of nitrogens with one attached hydrogen (secondary N) is 1. The number of hydrogen-bond acceptors (Lipinski definition) is 3. The van der Waals surface area contributed by atoms with Gasteiger partial charge in [0.05, 0.1) is 6.04 Å². The number of nitrogens with two attached hydrogens (primary N) is 1. The van der Waals surface area contributed by atoms with Crippen molar-refractivity contribution in [3.63, 3.8) is 0 Å². The van der Waals surface area contributed by atoms with Gasteiger partial charge in [-0.05, 0) is 31.5 Å². The summed E-state index contributed by atoms with van der Waals surface area (Å²) < 4.78 is 0. The number of aryl methyl sites for hydroxylation is 1. The minimum absolute atomic E-state index is 0.0130. The maximum Gasteiger partial charge on any atom is 0.242 e. The number of amides is 1. The predicted molar refractivity (Wildman–Crippen MR) is 79.0 cm³/mol. The van der Waals surface area contributed by atoms with Crippen molar-refractivity contribution >= 4 is 17.2 Å². The lowest BCUT2D eigenvalue weighted by Crippen LogP contribution is -2.35. The summed E-state index contributed by atoms with van der Waals surface area (Å²) >= 11 is 1.69. The summed E-state index contributed by atoms with van der Waals surface area (Å²) in [6.45, 7) is 4.03. The summed E-state index contributed by atoms with van der Waals surface area (Å²) in [6, 6.07) is 12.9. The number of rotatable bonds is 4. The third-order valence-corrected chi connectivity index (χ3v) is 4.17. The van der Waals surface area contributed by atoms with E-state index in [-0.39, 0.29) is 11.9 Å². The number of hydrogen-bond donors (Lipinski definition) is 2. The van der Waals surface area contributed by atoms with Gasteiger partial charge in [-0.25, -0.2) is 0 Å². The van der Waals surface area contributed by atoms with Crippen LogP contribution in [-0.2, 0) is 4.79 Å². The van der Waals surface area contributed by atoms with Crippen molar-refractivity contribution in [1.29, 1.82) is 0 Å². The van der Waals surface area contributed by atoms with Crippen LogP contribution in [0.4, 0.5) is 0 Å². The molecule has 0 bridgehead atoms. The van der Waals surface area contributed by atoms with E-state index in [0.717, 1.165) is 10.4 Å². The quantitative estimate of drug-likeness (QED) is 0.900. The average molecular weight is 274 g/mol. The number of thiophene rings is 1. The van der Waals surface area contributed by atoms with E-state index >= 15 is 0 Å². The Hall–Kier alpha value is -1.65. The molecule has 0 saturated carbocycles. The molecule has 0 aliphatic carbocycles. The molecule has 0 aliphatic rings. The highest BCUT2D eigenvalue weighted by molar-refractivity contribution is 7.12. The van der Waals surface area contributed by atoms with Crippen LogP contribution in [0.3, 0.4) is 0 Å². The molecule has 2 atom stereocenters. The predicted octanol–water partition coefficient (Wildman–Crippen LogP) is 2.93. The summed E-state index contributed by atoms with van der Waals surface area (Å²) in [5.41, 5.74) is 6.79. The maximum atomic E-state index is 12.1. The Labute approximate surface area is 117 Å². The Kier molecular flexibility index (Phi) is 4.35. The Morgan fingerprint density at radius 2 is 1.89 bits per heavy atom. The second kappa shape index (κ2) is 5.99. The molecule has 1 unspecified atom stereocenters. The molecule has 1 heterocycles. The first kappa shape index (κ1) is 13.8. The van der Waals surface area contributed by atoms with E-state index < -0.39 is 6.04 Å². The molecule has 1 aromatic heterocycles. The van der Waals surface area contributed by atoms with Crippen molar-refractivity contribution in [3.05, 3.63) is 57.8 Å². The molecule has 100 valence electrons. The summed E-state index contributed by atoms with van der Waals surface area (Å²) in [5.74, 6) is -0.148. The molecule has 0 spiro atoms. The third-order valence-electron chi connectivity index (χ3n) is 2.99. The van der Waals surface area contributed by atoms with Gasteiger partial charge in [0.2, 0.25) is 5.91 Å². The largest absolute Gasteiger partial charge is 0.347 e. The fourth-order valence-electron chi connectivity index (χ4n) is 1.87. The minimum atomic E-state index is -0.621. The SMILES string of the molecule is Cc1ccc(C(C)NC(=O)[C@H](N)c2ccccc2)s1. The summed E-state index contributed by atoms with van der Waals surface area (Å²) in [6.07, 6.45) is 0. The van der Waals surface area contributed by atoms with Crippen LogP contribution < -0.4 is 11.1 Å². The highest BCUT2D eigenvalue weighted by atomic mass is 32.1. The van der Waals surface area contributed by atoms with Gasteiger partial charge < -0.3 is 11.1 Å². The minimum Gasteiger partial charge on any atom is -0.347 e. The fourth-order valence-corrected chi connectivity index (χ4v) is 2.75. The molecular weight excluding hydrogens is 256 g/mol. The first-order chi connectivity index (χ1) is 9.08.